The molecule has 0 aliphatic carbocycles. The van der Waals surface area contributed by atoms with Crippen molar-refractivity contribution in [2.75, 3.05) is 26.2 Å². The Morgan fingerprint density at radius 3 is 2.65 bits per heavy atom. The van der Waals surface area contributed by atoms with E-state index in [9.17, 15) is 9.90 Å². The van der Waals surface area contributed by atoms with Gasteiger partial charge in [0, 0.05) is 31.5 Å². The van der Waals surface area contributed by atoms with Gasteiger partial charge in [-0.15, -0.1) is 0 Å². The number of nitrogens with zero attached hydrogens (tertiary/aromatic N) is 1. The number of benzene rings is 1. The van der Waals surface area contributed by atoms with Crippen molar-refractivity contribution in [1.82, 2.24) is 4.90 Å². The van der Waals surface area contributed by atoms with Crippen molar-refractivity contribution in [3.8, 4) is 0 Å². The number of likely N-dealkylation sites (tertiary alicyclic amines) is 1. The Kier molecular flexibility index (Phi) is 3.76. The lowest BCUT2D eigenvalue weighted by molar-refractivity contribution is -0.128. The van der Waals surface area contributed by atoms with Gasteiger partial charge >= 0.3 is 0 Å². The van der Waals surface area contributed by atoms with Crippen LogP contribution in [-0.2, 0) is 4.79 Å². The van der Waals surface area contributed by atoms with Gasteiger partial charge in [0.2, 0.25) is 5.91 Å². The fourth-order valence-electron chi connectivity index (χ4n) is 2.47. The Balaban J connectivity index is 2.15. The lowest BCUT2D eigenvalue weighted by Crippen LogP contribution is -2.34. The minimum absolute atomic E-state index is 0.0399. The number of hydrogen-bond acceptors (Lipinski definition) is 3. The Hall–Kier alpha value is -1.39. The molecule has 0 aromatic heterocycles. The van der Waals surface area contributed by atoms with E-state index < -0.39 is 0 Å². The van der Waals surface area contributed by atoms with Gasteiger partial charge in [0.15, 0.2) is 0 Å². The number of carbonyl (C=O) groups excluding carboxylic acids is 1. The quantitative estimate of drug-likeness (QED) is 0.784. The predicted molar refractivity (Wildman–Crippen MR) is 65.4 cm³/mol. The number of hydrogen-bond donors (Lipinski definition) is 2. The zero-order valence-corrected chi connectivity index (χ0v) is 9.75. The standard InChI is InChI=1S/C13H18N2O2/c14-6-13(17)15-7-11(9-16)12(8-15)10-4-2-1-3-5-10/h1-5,11-12,16H,6-9,14H2/t11-,12-/m1/s1. The molecule has 92 valence electrons. The van der Waals surface area contributed by atoms with E-state index in [1.54, 1.807) is 4.90 Å². The van der Waals surface area contributed by atoms with E-state index in [2.05, 4.69) is 0 Å². The van der Waals surface area contributed by atoms with Gasteiger partial charge in [-0.1, -0.05) is 30.3 Å². The second kappa shape index (κ2) is 5.29. The van der Waals surface area contributed by atoms with Crippen molar-refractivity contribution in [1.29, 1.82) is 0 Å². The van der Waals surface area contributed by atoms with E-state index in [4.69, 9.17) is 5.73 Å². The summed E-state index contributed by atoms with van der Waals surface area (Å²) in [7, 11) is 0. The van der Waals surface area contributed by atoms with Crippen molar-refractivity contribution >= 4 is 5.91 Å². The van der Waals surface area contributed by atoms with E-state index in [1.807, 2.05) is 30.3 Å². The van der Waals surface area contributed by atoms with Crippen molar-refractivity contribution < 1.29 is 9.90 Å². The van der Waals surface area contributed by atoms with Gasteiger partial charge in [0.25, 0.3) is 0 Å². The minimum Gasteiger partial charge on any atom is -0.396 e. The van der Waals surface area contributed by atoms with E-state index in [-0.39, 0.29) is 30.9 Å². The summed E-state index contributed by atoms with van der Waals surface area (Å²) < 4.78 is 0. The molecule has 1 aromatic rings. The van der Waals surface area contributed by atoms with Crippen LogP contribution in [0.1, 0.15) is 11.5 Å². The third-order valence-corrected chi connectivity index (χ3v) is 3.43. The van der Waals surface area contributed by atoms with Gasteiger partial charge in [-0.3, -0.25) is 4.79 Å². The van der Waals surface area contributed by atoms with Gasteiger partial charge in [-0.2, -0.15) is 0 Å². The molecule has 1 aliphatic heterocycles. The molecule has 1 aliphatic rings. The van der Waals surface area contributed by atoms with Crippen LogP contribution in [0.5, 0.6) is 0 Å². The zero-order chi connectivity index (χ0) is 12.3. The summed E-state index contributed by atoms with van der Waals surface area (Å²) in [4.78, 5) is 13.3. The molecule has 1 saturated heterocycles. The van der Waals surface area contributed by atoms with Crippen molar-refractivity contribution in [2.45, 2.75) is 5.92 Å². The molecule has 1 amide bonds. The molecule has 2 rings (SSSR count). The molecule has 1 fully saturated rings. The van der Waals surface area contributed by atoms with Crippen LogP contribution in [0, 0.1) is 5.92 Å². The van der Waals surface area contributed by atoms with Crippen LogP contribution in [0.3, 0.4) is 0 Å². The first kappa shape index (κ1) is 12.1. The largest absolute Gasteiger partial charge is 0.396 e. The summed E-state index contributed by atoms with van der Waals surface area (Å²) in [6.45, 7) is 1.41. The Morgan fingerprint density at radius 2 is 2.06 bits per heavy atom. The number of aliphatic hydroxyl groups excluding tert-OH is 1. The van der Waals surface area contributed by atoms with Gasteiger partial charge in [0.05, 0.1) is 6.54 Å². The van der Waals surface area contributed by atoms with Crippen LogP contribution in [0.2, 0.25) is 0 Å². The van der Waals surface area contributed by atoms with E-state index >= 15 is 0 Å². The summed E-state index contributed by atoms with van der Waals surface area (Å²) in [5.74, 6) is 0.298. The molecular weight excluding hydrogens is 216 g/mol. The Morgan fingerprint density at radius 1 is 1.35 bits per heavy atom. The Bertz CT molecular complexity index is 380. The summed E-state index contributed by atoms with van der Waals surface area (Å²) in [6.07, 6.45) is 0. The number of rotatable bonds is 3. The number of amides is 1. The van der Waals surface area contributed by atoms with Crippen molar-refractivity contribution in [3.05, 3.63) is 35.9 Å². The maximum absolute atomic E-state index is 11.6. The monoisotopic (exact) mass is 234 g/mol. The molecule has 17 heavy (non-hydrogen) atoms. The lowest BCUT2D eigenvalue weighted by atomic mass is 9.90. The number of carbonyl (C=O) groups is 1. The molecule has 2 atom stereocenters. The molecule has 0 spiro atoms. The van der Waals surface area contributed by atoms with Gasteiger partial charge in [0.1, 0.15) is 0 Å². The second-order valence-corrected chi connectivity index (χ2v) is 4.46. The fourth-order valence-corrected chi connectivity index (χ4v) is 2.47. The highest BCUT2D eigenvalue weighted by atomic mass is 16.3. The van der Waals surface area contributed by atoms with Gasteiger partial charge in [-0.25, -0.2) is 0 Å². The molecule has 0 radical (unpaired) electrons. The third-order valence-electron chi connectivity index (χ3n) is 3.43. The molecule has 4 nitrogen and oxygen atoms in total. The topological polar surface area (TPSA) is 66.6 Å². The summed E-state index contributed by atoms with van der Waals surface area (Å²) in [5, 5.41) is 9.40. The van der Waals surface area contributed by atoms with Crippen molar-refractivity contribution in [2.24, 2.45) is 11.7 Å². The fraction of sp³-hybridized carbons (Fsp3) is 0.462. The predicted octanol–water partition coefficient (Wildman–Crippen LogP) is 0.180. The lowest BCUT2D eigenvalue weighted by Gasteiger charge is -2.16. The molecule has 0 saturated carbocycles. The van der Waals surface area contributed by atoms with E-state index in [0.717, 1.165) is 0 Å². The molecule has 0 bridgehead atoms. The van der Waals surface area contributed by atoms with Crippen LogP contribution in [0.25, 0.3) is 0 Å². The zero-order valence-electron chi connectivity index (χ0n) is 9.75. The highest BCUT2D eigenvalue weighted by Crippen LogP contribution is 2.32. The highest BCUT2D eigenvalue weighted by Gasteiger charge is 2.34. The average Bonchev–Trinajstić information content (AvgIpc) is 2.83. The van der Waals surface area contributed by atoms with Gasteiger partial charge < -0.3 is 15.7 Å². The summed E-state index contributed by atoms with van der Waals surface area (Å²) in [6, 6.07) is 10.0. The van der Waals surface area contributed by atoms with Crippen LogP contribution < -0.4 is 5.73 Å². The molecule has 1 heterocycles. The third kappa shape index (κ3) is 2.48. The molecule has 0 unspecified atom stereocenters. The number of nitrogens with two attached hydrogens (primary N) is 1. The maximum atomic E-state index is 11.6. The highest BCUT2D eigenvalue weighted by molar-refractivity contribution is 5.78. The minimum atomic E-state index is -0.0399. The first-order valence-corrected chi connectivity index (χ1v) is 5.90. The first-order valence-electron chi connectivity index (χ1n) is 5.90. The van der Waals surface area contributed by atoms with Crippen LogP contribution in [0.15, 0.2) is 30.3 Å². The smallest absolute Gasteiger partial charge is 0.236 e. The number of aliphatic hydroxyl groups is 1. The van der Waals surface area contributed by atoms with E-state index in [1.165, 1.54) is 5.56 Å². The first-order chi connectivity index (χ1) is 8.26. The normalized spacial score (nSPS) is 24.0. The summed E-state index contributed by atoms with van der Waals surface area (Å²) in [5.41, 5.74) is 6.55. The van der Waals surface area contributed by atoms with Crippen molar-refractivity contribution in [3.63, 3.8) is 0 Å². The molecule has 4 heteroatoms. The Labute approximate surface area is 101 Å². The van der Waals surface area contributed by atoms with Gasteiger partial charge in [-0.05, 0) is 5.56 Å². The maximum Gasteiger partial charge on any atom is 0.236 e. The second-order valence-electron chi connectivity index (χ2n) is 4.46. The SMILES string of the molecule is NCC(=O)N1C[C@H](CO)[C@@H](c2ccccc2)C1. The molecule has 3 N–H and O–H groups in total. The molecular formula is C13H18N2O2. The average molecular weight is 234 g/mol. The molecule has 1 aromatic carbocycles. The van der Waals surface area contributed by atoms with E-state index in [0.29, 0.717) is 13.1 Å². The van der Waals surface area contributed by atoms with Crippen LogP contribution in [0.4, 0.5) is 0 Å². The van der Waals surface area contributed by atoms with Crippen LogP contribution >= 0.6 is 0 Å². The summed E-state index contributed by atoms with van der Waals surface area (Å²) >= 11 is 0. The van der Waals surface area contributed by atoms with Crippen LogP contribution in [-0.4, -0.2) is 42.2 Å².